The summed E-state index contributed by atoms with van der Waals surface area (Å²) in [5.74, 6) is -1.59. The molecule has 3 N–H and O–H groups in total. The van der Waals surface area contributed by atoms with Crippen molar-refractivity contribution in [1.29, 1.82) is 0 Å². The Bertz CT molecular complexity index is 974. The summed E-state index contributed by atoms with van der Waals surface area (Å²) in [6.45, 7) is 3.12. The molecule has 1 aliphatic rings. The molecule has 8 heteroatoms. The summed E-state index contributed by atoms with van der Waals surface area (Å²) in [4.78, 5) is 36.9. The highest BCUT2D eigenvalue weighted by Gasteiger charge is 2.30. The Morgan fingerprint density at radius 1 is 1.03 bits per heavy atom. The first-order chi connectivity index (χ1) is 15.7. The lowest BCUT2D eigenvalue weighted by atomic mass is 9.88. The van der Waals surface area contributed by atoms with Gasteiger partial charge in [-0.15, -0.1) is 0 Å². The van der Waals surface area contributed by atoms with Crippen LogP contribution in [0.15, 0.2) is 48.5 Å². The summed E-state index contributed by atoms with van der Waals surface area (Å²) in [5, 5.41) is 20.8. The van der Waals surface area contributed by atoms with Gasteiger partial charge in [-0.3, -0.25) is 9.59 Å². The number of benzene rings is 2. The number of aliphatic hydroxyl groups is 1. The van der Waals surface area contributed by atoms with Crippen LogP contribution in [0.25, 0.3) is 11.1 Å². The molecule has 2 amide bonds. The van der Waals surface area contributed by atoms with E-state index in [4.69, 9.17) is 14.9 Å². The first-order valence-electron chi connectivity index (χ1n) is 10.9. The lowest BCUT2D eigenvalue weighted by Gasteiger charge is -2.28. The van der Waals surface area contributed by atoms with Gasteiger partial charge in [0, 0.05) is 25.4 Å². The first-order valence-corrected chi connectivity index (χ1v) is 10.9. The summed E-state index contributed by atoms with van der Waals surface area (Å²) in [6.07, 6.45) is -0.556. The van der Waals surface area contributed by atoms with Crippen molar-refractivity contribution in [1.82, 2.24) is 10.2 Å². The first kappa shape index (κ1) is 24.3. The number of hydrogen-bond acceptors (Lipinski definition) is 5. The normalized spacial score (nSPS) is 12.6. The summed E-state index contributed by atoms with van der Waals surface area (Å²) in [6, 6.07) is 16.2. The lowest BCUT2D eigenvalue weighted by molar-refractivity contribution is -0.145. The van der Waals surface area contributed by atoms with Crippen molar-refractivity contribution in [3.63, 3.8) is 0 Å². The second-order valence-electron chi connectivity index (χ2n) is 8.95. The lowest BCUT2D eigenvalue weighted by Crippen LogP contribution is -2.42. The highest BCUT2D eigenvalue weighted by atomic mass is 16.5. The fraction of sp³-hybridized carbons (Fsp3) is 0.400. The van der Waals surface area contributed by atoms with Crippen LogP contribution in [0.1, 0.15) is 37.3 Å². The summed E-state index contributed by atoms with van der Waals surface area (Å²) in [7, 11) is 0. The maximum atomic E-state index is 12.5. The fourth-order valence-corrected chi connectivity index (χ4v) is 4.12. The van der Waals surface area contributed by atoms with Gasteiger partial charge in [-0.05, 0) is 27.7 Å². The molecule has 0 aromatic heterocycles. The van der Waals surface area contributed by atoms with E-state index in [2.05, 4.69) is 17.4 Å². The van der Waals surface area contributed by atoms with Gasteiger partial charge in [0.15, 0.2) is 0 Å². The Balaban J connectivity index is 1.54. The van der Waals surface area contributed by atoms with Crippen LogP contribution in [0.3, 0.4) is 0 Å². The van der Waals surface area contributed by atoms with E-state index in [1.54, 1.807) is 13.8 Å². The van der Waals surface area contributed by atoms with E-state index in [-0.39, 0.29) is 38.6 Å². The predicted molar refractivity (Wildman–Crippen MR) is 123 cm³/mol. The Morgan fingerprint density at radius 3 is 2.15 bits per heavy atom. The van der Waals surface area contributed by atoms with Crippen LogP contribution < -0.4 is 5.32 Å². The minimum absolute atomic E-state index is 0.0178. The van der Waals surface area contributed by atoms with Gasteiger partial charge in [0.25, 0.3) is 0 Å². The number of carbonyl (C=O) groups excluding carboxylic acids is 2. The van der Waals surface area contributed by atoms with Crippen LogP contribution in [0.5, 0.6) is 0 Å². The number of aliphatic hydroxyl groups excluding tert-OH is 1. The van der Waals surface area contributed by atoms with Crippen LogP contribution in [-0.4, -0.2) is 65.9 Å². The van der Waals surface area contributed by atoms with Gasteiger partial charge in [0.2, 0.25) is 5.91 Å². The Labute approximate surface area is 193 Å². The third kappa shape index (κ3) is 6.10. The Hall–Kier alpha value is -3.39. The zero-order chi connectivity index (χ0) is 24.0. The van der Waals surface area contributed by atoms with E-state index in [0.29, 0.717) is 0 Å². The molecule has 2 aromatic rings. The van der Waals surface area contributed by atoms with Crippen LogP contribution in [0.4, 0.5) is 4.79 Å². The molecule has 0 heterocycles. The second-order valence-corrected chi connectivity index (χ2v) is 8.95. The number of fused-ring (bicyclic) bond motifs is 3. The summed E-state index contributed by atoms with van der Waals surface area (Å²) in [5.41, 5.74) is 3.92. The van der Waals surface area contributed by atoms with E-state index >= 15 is 0 Å². The monoisotopic (exact) mass is 454 g/mol. The summed E-state index contributed by atoms with van der Waals surface area (Å²) >= 11 is 0. The molecule has 0 bridgehead atoms. The van der Waals surface area contributed by atoms with Crippen molar-refractivity contribution < 1.29 is 29.3 Å². The minimum atomic E-state index is -1.15. The number of nitrogens with zero attached hydrogens (tertiary/aromatic N) is 1. The van der Waals surface area contributed by atoms with E-state index in [9.17, 15) is 14.4 Å². The Morgan fingerprint density at radius 2 is 1.61 bits per heavy atom. The number of carbonyl (C=O) groups is 3. The van der Waals surface area contributed by atoms with Crippen LogP contribution >= 0.6 is 0 Å². The van der Waals surface area contributed by atoms with Crippen molar-refractivity contribution in [3.8, 4) is 11.1 Å². The molecule has 3 rings (SSSR count). The molecule has 1 aliphatic carbocycles. The molecule has 0 aliphatic heterocycles. The van der Waals surface area contributed by atoms with E-state index < -0.39 is 29.9 Å². The number of carboxylic acid groups (broad SMARTS) is 1. The SMILES string of the molecule is CC(C)(CNC(=O)OCC1c2ccccc2-c2ccccc21)CC(=O)N(CCO)CC(=O)O. The van der Waals surface area contributed by atoms with Gasteiger partial charge >= 0.3 is 12.1 Å². The molecular formula is C25H30N2O6. The standard InChI is InChI=1S/C25H30N2O6/c1-25(2,13-22(29)27(11-12-28)14-23(30)31)16-26-24(32)33-15-21-19-9-5-3-7-17(19)18-8-4-6-10-20(18)21/h3-10,21,28H,11-16H2,1-2H3,(H,26,32)(H,30,31). The highest BCUT2D eigenvalue weighted by molar-refractivity contribution is 5.82. The fourth-order valence-electron chi connectivity index (χ4n) is 4.12. The number of aliphatic carboxylic acids is 1. The molecule has 0 saturated carbocycles. The number of amides is 2. The van der Waals surface area contributed by atoms with E-state index in [0.717, 1.165) is 27.2 Å². The van der Waals surface area contributed by atoms with Gasteiger partial charge in [-0.2, -0.15) is 0 Å². The molecule has 0 fully saturated rings. The average molecular weight is 455 g/mol. The number of carboxylic acids is 1. The predicted octanol–water partition coefficient (Wildman–Crippen LogP) is 2.85. The number of hydrogen-bond donors (Lipinski definition) is 3. The molecule has 0 unspecified atom stereocenters. The maximum absolute atomic E-state index is 12.5. The molecule has 8 nitrogen and oxygen atoms in total. The minimum Gasteiger partial charge on any atom is -0.480 e. The zero-order valence-corrected chi connectivity index (χ0v) is 18.9. The molecule has 0 radical (unpaired) electrons. The number of alkyl carbamates (subject to hydrolysis) is 1. The van der Waals surface area contributed by atoms with Gasteiger partial charge in [0.05, 0.1) is 6.61 Å². The molecule has 176 valence electrons. The van der Waals surface area contributed by atoms with Gasteiger partial charge < -0.3 is 25.2 Å². The zero-order valence-electron chi connectivity index (χ0n) is 18.9. The van der Waals surface area contributed by atoms with Crippen molar-refractivity contribution in [2.75, 3.05) is 32.8 Å². The largest absolute Gasteiger partial charge is 0.480 e. The van der Waals surface area contributed by atoms with Gasteiger partial charge in [-0.1, -0.05) is 62.4 Å². The molecule has 0 saturated heterocycles. The van der Waals surface area contributed by atoms with Crippen LogP contribution in [0.2, 0.25) is 0 Å². The number of rotatable bonds is 10. The topological polar surface area (TPSA) is 116 Å². The van der Waals surface area contributed by atoms with Gasteiger partial charge in [-0.25, -0.2) is 4.79 Å². The average Bonchev–Trinajstić information content (AvgIpc) is 3.09. The second kappa shape index (κ2) is 10.5. The van der Waals surface area contributed by atoms with Crippen molar-refractivity contribution >= 4 is 18.0 Å². The third-order valence-electron chi connectivity index (χ3n) is 5.73. The quantitative estimate of drug-likeness (QED) is 0.508. The van der Waals surface area contributed by atoms with E-state index in [1.807, 2.05) is 36.4 Å². The van der Waals surface area contributed by atoms with Crippen LogP contribution in [0, 0.1) is 5.41 Å². The van der Waals surface area contributed by atoms with Gasteiger partial charge in [0.1, 0.15) is 13.2 Å². The number of ether oxygens (including phenoxy) is 1. The molecule has 2 aromatic carbocycles. The van der Waals surface area contributed by atoms with Crippen LogP contribution in [-0.2, 0) is 14.3 Å². The Kier molecular flexibility index (Phi) is 7.71. The van der Waals surface area contributed by atoms with Crippen molar-refractivity contribution in [2.45, 2.75) is 26.2 Å². The molecule has 0 atom stereocenters. The van der Waals surface area contributed by atoms with E-state index in [1.165, 1.54) is 0 Å². The molecule has 0 spiro atoms. The number of nitrogens with one attached hydrogen (secondary N) is 1. The highest BCUT2D eigenvalue weighted by Crippen LogP contribution is 2.44. The summed E-state index contributed by atoms with van der Waals surface area (Å²) < 4.78 is 5.52. The van der Waals surface area contributed by atoms with Crippen molar-refractivity contribution in [2.24, 2.45) is 5.41 Å². The smallest absolute Gasteiger partial charge is 0.407 e. The molecular weight excluding hydrogens is 424 g/mol. The van der Waals surface area contributed by atoms with Crippen molar-refractivity contribution in [3.05, 3.63) is 59.7 Å². The molecule has 33 heavy (non-hydrogen) atoms. The maximum Gasteiger partial charge on any atom is 0.407 e. The third-order valence-corrected chi connectivity index (χ3v) is 5.73.